The molecule has 0 aromatic carbocycles. The van der Waals surface area contributed by atoms with E-state index in [1.54, 1.807) is 11.3 Å². The zero-order valence-corrected chi connectivity index (χ0v) is 15.4. The molecule has 5 nitrogen and oxygen atoms in total. The lowest BCUT2D eigenvalue weighted by Gasteiger charge is -2.35. The van der Waals surface area contributed by atoms with Gasteiger partial charge in [-0.2, -0.15) is 0 Å². The number of nitrogens with two attached hydrogens (primary N) is 1. The summed E-state index contributed by atoms with van der Waals surface area (Å²) < 4.78 is 5.35. The molecule has 1 saturated heterocycles. The van der Waals surface area contributed by atoms with Gasteiger partial charge in [0.15, 0.2) is 0 Å². The summed E-state index contributed by atoms with van der Waals surface area (Å²) in [6, 6.07) is -0.0209. The Morgan fingerprint density at radius 3 is 2.59 bits per heavy atom. The van der Waals surface area contributed by atoms with Crippen LogP contribution in [0.2, 0.25) is 0 Å². The maximum Gasteiger partial charge on any atom is 0.228 e. The molecule has 3 N–H and O–H groups in total. The Labute approximate surface area is 148 Å². The Bertz CT molecular complexity index is 465. The van der Waals surface area contributed by atoms with Gasteiger partial charge in [-0.25, -0.2) is 4.98 Å². The van der Waals surface area contributed by atoms with Crippen molar-refractivity contribution in [3.8, 4) is 0 Å². The molecule has 2 heterocycles. The van der Waals surface area contributed by atoms with E-state index in [0.717, 1.165) is 17.1 Å². The molecular weight excluding hydrogens is 345 g/mol. The molecule has 22 heavy (non-hydrogen) atoms. The third kappa shape index (κ3) is 4.80. The second-order valence-corrected chi connectivity index (χ2v) is 6.25. The molecule has 1 aliphatic rings. The lowest BCUT2D eigenvalue weighted by Crippen LogP contribution is -2.49. The Balaban J connectivity index is 0.00000220. The van der Waals surface area contributed by atoms with Gasteiger partial charge in [0.05, 0.1) is 11.5 Å². The normalized spacial score (nSPS) is 17.8. The minimum Gasteiger partial charge on any atom is -0.381 e. The van der Waals surface area contributed by atoms with E-state index in [1.807, 2.05) is 12.3 Å². The molecular formula is C14H25Cl2N3O2S. The summed E-state index contributed by atoms with van der Waals surface area (Å²) in [5.41, 5.74) is 6.39. The summed E-state index contributed by atoms with van der Waals surface area (Å²) in [6.45, 7) is 5.61. The summed E-state index contributed by atoms with van der Waals surface area (Å²) in [7, 11) is 0. The molecule has 128 valence electrons. The Morgan fingerprint density at radius 1 is 1.50 bits per heavy atom. The SMILES string of the molecule is CCC(NC(=O)C1(CN)CCOCC1)c1nc(C)cs1.Cl.Cl. The van der Waals surface area contributed by atoms with Crippen molar-refractivity contribution in [1.82, 2.24) is 10.3 Å². The number of carbonyl (C=O) groups is 1. The van der Waals surface area contributed by atoms with Crippen LogP contribution in [0.5, 0.6) is 0 Å². The van der Waals surface area contributed by atoms with Gasteiger partial charge < -0.3 is 15.8 Å². The zero-order valence-electron chi connectivity index (χ0n) is 13.0. The van der Waals surface area contributed by atoms with Crippen LogP contribution in [0.3, 0.4) is 0 Å². The van der Waals surface area contributed by atoms with E-state index in [2.05, 4.69) is 17.2 Å². The van der Waals surface area contributed by atoms with Crippen molar-refractivity contribution in [2.45, 2.75) is 39.2 Å². The summed E-state index contributed by atoms with van der Waals surface area (Å²) >= 11 is 1.60. The molecule has 0 bridgehead atoms. The van der Waals surface area contributed by atoms with Crippen molar-refractivity contribution >= 4 is 42.1 Å². The quantitative estimate of drug-likeness (QED) is 0.835. The second kappa shape index (κ2) is 9.67. The predicted molar refractivity (Wildman–Crippen MR) is 94.1 cm³/mol. The zero-order chi connectivity index (χ0) is 14.6. The number of nitrogens with zero attached hydrogens (tertiary/aromatic N) is 1. The van der Waals surface area contributed by atoms with Crippen LogP contribution in [0.25, 0.3) is 0 Å². The fourth-order valence-electron chi connectivity index (χ4n) is 2.47. The van der Waals surface area contributed by atoms with Crippen LogP contribution >= 0.6 is 36.2 Å². The van der Waals surface area contributed by atoms with Crippen LogP contribution in [-0.2, 0) is 9.53 Å². The lowest BCUT2D eigenvalue weighted by atomic mass is 9.79. The van der Waals surface area contributed by atoms with Gasteiger partial charge in [-0.1, -0.05) is 6.92 Å². The summed E-state index contributed by atoms with van der Waals surface area (Å²) in [5.74, 6) is 0.0444. The Kier molecular flexibility index (Phi) is 9.50. The molecule has 0 aliphatic carbocycles. The molecule has 1 aromatic heterocycles. The van der Waals surface area contributed by atoms with E-state index in [4.69, 9.17) is 10.5 Å². The van der Waals surface area contributed by atoms with Crippen molar-refractivity contribution < 1.29 is 9.53 Å². The van der Waals surface area contributed by atoms with Crippen LogP contribution in [0.4, 0.5) is 0 Å². The number of hydrogen-bond acceptors (Lipinski definition) is 5. The smallest absolute Gasteiger partial charge is 0.228 e. The highest BCUT2D eigenvalue weighted by Gasteiger charge is 2.39. The number of ether oxygens (including phenoxy) is 1. The third-order valence-corrected chi connectivity index (χ3v) is 5.05. The minimum absolute atomic E-state index is 0. The maximum absolute atomic E-state index is 12.6. The fraction of sp³-hybridized carbons (Fsp3) is 0.714. The highest BCUT2D eigenvalue weighted by atomic mass is 35.5. The summed E-state index contributed by atoms with van der Waals surface area (Å²) in [5, 5.41) is 6.11. The molecule has 1 amide bonds. The van der Waals surface area contributed by atoms with Gasteiger partial charge in [0, 0.05) is 30.8 Å². The van der Waals surface area contributed by atoms with Crippen LogP contribution < -0.4 is 11.1 Å². The summed E-state index contributed by atoms with van der Waals surface area (Å²) in [6.07, 6.45) is 2.22. The average Bonchev–Trinajstić information content (AvgIpc) is 2.91. The third-order valence-electron chi connectivity index (χ3n) is 3.97. The van der Waals surface area contributed by atoms with Crippen LogP contribution in [0.1, 0.15) is 42.9 Å². The van der Waals surface area contributed by atoms with Crippen molar-refractivity contribution in [1.29, 1.82) is 0 Å². The van der Waals surface area contributed by atoms with Crippen LogP contribution in [-0.4, -0.2) is 30.6 Å². The molecule has 1 aromatic rings. The second-order valence-electron chi connectivity index (χ2n) is 5.36. The molecule has 2 rings (SSSR count). The number of amides is 1. The minimum atomic E-state index is -0.474. The van der Waals surface area contributed by atoms with Gasteiger partial charge in [-0.15, -0.1) is 36.2 Å². The number of rotatable bonds is 5. The van der Waals surface area contributed by atoms with E-state index in [1.165, 1.54) is 0 Å². The molecule has 0 spiro atoms. The van der Waals surface area contributed by atoms with Gasteiger partial charge in [0.2, 0.25) is 5.91 Å². The molecule has 1 atom stereocenters. The Morgan fingerprint density at radius 2 is 2.14 bits per heavy atom. The topological polar surface area (TPSA) is 77.2 Å². The van der Waals surface area contributed by atoms with Gasteiger partial charge in [-0.3, -0.25) is 4.79 Å². The first kappa shape index (κ1) is 21.6. The highest BCUT2D eigenvalue weighted by molar-refractivity contribution is 7.09. The number of nitrogens with one attached hydrogen (secondary N) is 1. The van der Waals surface area contributed by atoms with Crippen molar-refractivity contribution in [2.24, 2.45) is 11.1 Å². The first-order valence-corrected chi connectivity index (χ1v) is 8.00. The number of aryl methyl sites for hydroxylation is 1. The molecule has 1 fully saturated rings. The maximum atomic E-state index is 12.6. The largest absolute Gasteiger partial charge is 0.381 e. The number of carbonyl (C=O) groups excluding carboxylic acids is 1. The number of hydrogen-bond donors (Lipinski definition) is 2. The fourth-order valence-corrected chi connectivity index (χ4v) is 3.40. The average molecular weight is 370 g/mol. The van der Waals surface area contributed by atoms with Crippen LogP contribution in [0.15, 0.2) is 5.38 Å². The molecule has 8 heteroatoms. The first-order valence-electron chi connectivity index (χ1n) is 7.12. The van der Waals surface area contributed by atoms with Crippen molar-refractivity contribution in [2.75, 3.05) is 19.8 Å². The number of thiazole rings is 1. The van der Waals surface area contributed by atoms with Gasteiger partial charge in [0.1, 0.15) is 5.01 Å². The van der Waals surface area contributed by atoms with Crippen molar-refractivity contribution in [3.05, 3.63) is 16.1 Å². The number of aromatic nitrogens is 1. The molecule has 0 radical (unpaired) electrons. The molecule has 1 aliphatic heterocycles. The van der Waals surface area contributed by atoms with Gasteiger partial charge in [-0.05, 0) is 26.2 Å². The van der Waals surface area contributed by atoms with Gasteiger partial charge >= 0.3 is 0 Å². The molecule has 0 saturated carbocycles. The van der Waals surface area contributed by atoms with Crippen molar-refractivity contribution in [3.63, 3.8) is 0 Å². The van der Waals surface area contributed by atoms with E-state index >= 15 is 0 Å². The number of halogens is 2. The first-order chi connectivity index (χ1) is 9.61. The predicted octanol–water partition coefficient (Wildman–Crippen LogP) is 2.62. The lowest BCUT2D eigenvalue weighted by molar-refractivity contribution is -0.136. The van der Waals surface area contributed by atoms with E-state index < -0.39 is 5.41 Å². The van der Waals surface area contributed by atoms with Crippen LogP contribution in [0, 0.1) is 12.3 Å². The standard InChI is InChI=1S/C14H23N3O2S.2ClH/c1-3-11(12-16-10(2)8-20-12)17-13(18)14(9-15)4-6-19-7-5-14;;/h8,11H,3-7,9,15H2,1-2H3,(H,17,18);2*1H. The monoisotopic (exact) mass is 369 g/mol. The molecule has 1 unspecified atom stereocenters. The van der Waals surface area contributed by atoms with E-state index in [-0.39, 0.29) is 36.8 Å². The highest BCUT2D eigenvalue weighted by Crippen LogP contribution is 2.31. The van der Waals surface area contributed by atoms with E-state index in [0.29, 0.717) is 32.6 Å². The van der Waals surface area contributed by atoms with Gasteiger partial charge in [0.25, 0.3) is 0 Å². The van der Waals surface area contributed by atoms with E-state index in [9.17, 15) is 4.79 Å². The summed E-state index contributed by atoms with van der Waals surface area (Å²) in [4.78, 5) is 17.1. The Hall–Kier alpha value is -0.400.